The summed E-state index contributed by atoms with van der Waals surface area (Å²) in [6.07, 6.45) is 3.08. The number of carbonyl (C=O) groups is 1. The lowest BCUT2D eigenvalue weighted by atomic mass is 10.1. The third-order valence-electron chi connectivity index (χ3n) is 2.48. The molecule has 1 N–H and O–H groups in total. The number of furan rings is 1. The van der Waals surface area contributed by atoms with Crippen molar-refractivity contribution in [1.82, 2.24) is 0 Å². The Morgan fingerprint density at radius 1 is 1.21 bits per heavy atom. The van der Waals surface area contributed by atoms with E-state index in [4.69, 9.17) is 4.42 Å². The van der Waals surface area contributed by atoms with E-state index in [0.717, 1.165) is 16.8 Å². The van der Waals surface area contributed by atoms with Crippen LogP contribution >= 0.6 is 15.9 Å². The normalized spacial score (nSPS) is 10.9. The summed E-state index contributed by atoms with van der Waals surface area (Å²) in [5, 5.41) is 2.82. The molecule has 0 saturated heterocycles. The number of amides is 1. The molecule has 1 aromatic carbocycles. The summed E-state index contributed by atoms with van der Waals surface area (Å²) in [6, 6.07) is 9.49. The molecule has 3 nitrogen and oxygen atoms in total. The number of benzene rings is 1. The van der Waals surface area contributed by atoms with Gasteiger partial charge in [-0.1, -0.05) is 6.07 Å². The van der Waals surface area contributed by atoms with Crippen LogP contribution in [0.25, 0.3) is 6.08 Å². The van der Waals surface area contributed by atoms with Gasteiger partial charge in [0.15, 0.2) is 4.67 Å². The molecule has 0 saturated carbocycles. The number of rotatable bonds is 3. The number of aryl methyl sites for hydroxylation is 2. The molecular formula is C15H14BrNO2. The Bertz CT molecular complexity index is 609. The maximum absolute atomic E-state index is 11.8. The summed E-state index contributed by atoms with van der Waals surface area (Å²) >= 11 is 3.21. The smallest absolute Gasteiger partial charge is 0.248 e. The van der Waals surface area contributed by atoms with Gasteiger partial charge in [-0.15, -0.1) is 0 Å². The van der Waals surface area contributed by atoms with Gasteiger partial charge < -0.3 is 9.73 Å². The zero-order valence-electron chi connectivity index (χ0n) is 10.7. The van der Waals surface area contributed by atoms with Crippen molar-refractivity contribution in [3.05, 3.63) is 58.0 Å². The van der Waals surface area contributed by atoms with Crippen LogP contribution in [0.2, 0.25) is 0 Å². The molecule has 2 aromatic rings. The number of hydrogen-bond donors (Lipinski definition) is 1. The van der Waals surface area contributed by atoms with E-state index in [1.807, 2.05) is 26.0 Å². The van der Waals surface area contributed by atoms with E-state index in [-0.39, 0.29) is 5.91 Å². The molecule has 0 spiro atoms. The molecule has 1 heterocycles. The first-order chi connectivity index (χ1) is 9.02. The molecule has 0 bridgehead atoms. The molecule has 1 amide bonds. The standard InChI is InChI=1S/C15H14BrNO2/c1-10-7-11(2)9-12(8-10)17-15(18)6-4-13-3-5-14(16)19-13/h3-9H,1-2H3,(H,17,18). The summed E-state index contributed by atoms with van der Waals surface area (Å²) in [5.74, 6) is 0.444. The van der Waals surface area contributed by atoms with Gasteiger partial charge in [0.2, 0.25) is 5.91 Å². The van der Waals surface area contributed by atoms with Gasteiger partial charge in [0.25, 0.3) is 0 Å². The van der Waals surface area contributed by atoms with Gasteiger partial charge in [-0.3, -0.25) is 4.79 Å². The third-order valence-corrected chi connectivity index (χ3v) is 2.91. The summed E-state index contributed by atoms with van der Waals surface area (Å²) in [4.78, 5) is 11.8. The molecular weight excluding hydrogens is 306 g/mol. The lowest BCUT2D eigenvalue weighted by molar-refractivity contribution is -0.111. The zero-order chi connectivity index (χ0) is 13.8. The molecule has 2 rings (SSSR count). The summed E-state index contributed by atoms with van der Waals surface area (Å²) < 4.78 is 5.91. The maximum atomic E-state index is 11.8. The molecule has 98 valence electrons. The van der Waals surface area contributed by atoms with Crippen molar-refractivity contribution in [2.24, 2.45) is 0 Å². The van der Waals surface area contributed by atoms with Crippen LogP contribution < -0.4 is 5.32 Å². The molecule has 1 aromatic heterocycles. The van der Waals surface area contributed by atoms with Crippen molar-refractivity contribution in [1.29, 1.82) is 0 Å². The SMILES string of the molecule is Cc1cc(C)cc(NC(=O)C=Cc2ccc(Br)o2)c1. The Kier molecular flexibility index (Phi) is 4.22. The predicted molar refractivity (Wildman–Crippen MR) is 80.0 cm³/mol. The molecule has 4 heteroatoms. The van der Waals surface area contributed by atoms with Gasteiger partial charge in [-0.05, 0) is 71.2 Å². The number of halogens is 1. The Morgan fingerprint density at radius 2 is 1.89 bits per heavy atom. The maximum Gasteiger partial charge on any atom is 0.248 e. The van der Waals surface area contributed by atoms with Crippen LogP contribution in [0.5, 0.6) is 0 Å². The lowest BCUT2D eigenvalue weighted by Gasteiger charge is -2.05. The molecule has 0 fully saturated rings. The van der Waals surface area contributed by atoms with Gasteiger partial charge in [-0.25, -0.2) is 0 Å². The lowest BCUT2D eigenvalue weighted by Crippen LogP contribution is -2.07. The van der Waals surface area contributed by atoms with Crippen molar-refractivity contribution < 1.29 is 9.21 Å². The van der Waals surface area contributed by atoms with Crippen molar-refractivity contribution in [2.75, 3.05) is 5.32 Å². The van der Waals surface area contributed by atoms with Crippen LogP contribution in [0.1, 0.15) is 16.9 Å². The van der Waals surface area contributed by atoms with Crippen molar-refractivity contribution >= 4 is 33.6 Å². The molecule has 0 radical (unpaired) electrons. The van der Waals surface area contributed by atoms with E-state index < -0.39 is 0 Å². The monoisotopic (exact) mass is 319 g/mol. The van der Waals surface area contributed by atoms with Gasteiger partial charge in [0.1, 0.15) is 5.76 Å². The van der Waals surface area contributed by atoms with E-state index in [2.05, 4.69) is 27.3 Å². The fourth-order valence-corrected chi connectivity index (χ4v) is 2.13. The van der Waals surface area contributed by atoms with E-state index in [9.17, 15) is 4.79 Å². The molecule has 0 atom stereocenters. The fourth-order valence-electron chi connectivity index (χ4n) is 1.81. The summed E-state index contributed by atoms with van der Waals surface area (Å²) in [5.41, 5.74) is 3.04. The molecule has 0 aliphatic heterocycles. The van der Waals surface area contributed by atoms with Crippen molar-refractivity contribution in [3.8, 4) is 0 Å². The van der Waals surface area contributed by atoms with E-state index >= 15 is 0 Å². The van der Waals surface area contributed by atoms with Crippen LogP contribution in [-0.2, 0) is 4.79 Å². The largest absolute Gasteiger partial charge is 0.450 e. The van der Waals surface area contributed by atoms with Gasteiger partial charge in [-0.2, -0.15) is 0 Å². The second-order valence-electron chi connectivity index (χ2n) is 4.34. The quantitative estimate of drug-likeness (QED) is 0.856. The van der Waals surface area contributed by atoms with Crippen LogP contribution in [0, 0.1) is 13.8 Å². The number of nitrogens with one attached hydrogen (secondary N) is 1. The number of anilines is 1. The number of carbonyl (C=O) groups excluding carboxylic acids is 1. The van der Waals surface area contributed by atoms with Crippen LogP contribution in [0.3, 0.4) is 0 Å². The highest BCUT2D eigenvalue weighted by Crippen LogP contribution is 2.16. The fraction of sp³-hybridized carbons (Fsp3) is 0.133. The minimum absolute atomic E-state index is 0.183. The Hall–Kier alpha value is -1.81. The van der Waals surface area contributed by atoms with Crippen LogP contribution in [0.15, 0.2) is 45.5 Å². The average molecular weight is 320 g/mol. The summed E-state index contributed by atoms with van der Waals surface area (Å²) in [7, 11) is 0. The topological polar surface area (TPSA) is 42.2 Å². The van der Waals surface area contributed by atoms with Crippen LogP contribution in [0.4, 0.5) is 5.69 Å². The minimum atomic E-state index is -0.183. The van der Waals surface area contributed by atoms with E-state index in [0.29, 0.717) is 10.4 Å². The molecule has 19 heavy (non-hydrogen) atoms. The Labute approximate surface area is 120 Å². The summed E-state index contributed by atoms with van der Waals surface area (Å²) in [6.45, 7) is 4.00. The van der Waals surface area contributed by atoms with Gasteiger partial charge >= 0.3 is 0 Å². The predicted octanol–water partition coefficient (Wildman–Crippen LogP) is 4.31. The second kappa shape index (κ2) is 5.89. The first-order valence-corrected chi connectivity index (χ1v) is 6.65. The average Bonchev–Trinajstić information content (AvgIpc) is 2.71. The van der Waals surface area contributed by atoms with Gasteiger partial charge in [0.05, 0.1) is 0 Å². The highest BCUT2D eigenvalue weighted by Gasteiger charge is 2.00. The zero-order valence-corrected chi connectivity index (χ0v) is 12.3. The second-order valence-corrected chi connectivity index (χ2v) is 5.12. The Balaban J connectivity index is 2.03. The molecule has 0 aliphatic rings. The molecule has 0 aliphatic carbocycles. The van der Waals surface area contributed by atoms with E-state index in [1.54, 1.807) is 18.2 Å². The van der Waals surface area contributed by atoms with Gasteiger partial charge in [0, 0.05) is 11.8 Å². The first kappa shape index (κ1) is 13.6. The van der Waals surface area contributed by atoms with Crippen LogP contribution in [-0.4, -0.2) is 5.91 Å². The van der Waals surface area contributed by atoms with Crippen molar-refractivity contribution in [2.45, 2.75) is 13.8 Å². The third kappa shape index (κ3) is 4.10. The van der Waals surface area contributed by atoms with Crippen molar-refractivity contribution in [3.63, 3.8) is 0 Å². The van der Waals surface area contributed by atoms with E-state index in [1.165, 1.54) is 6.08 Å². The number of hydrogen-bond acceptors (Lipinski definition) is 2. The minimum Gasteiger partial charge on any atom is -0.450 e. The first-order valence-electron chi connectivity index (χ1n) is 5.85. The molecule has 0 unspecified atom stereocenters. The highest BCUT2D eigenvalue weighted by molar-refractivity contribution is 9.10. The Morgan fingerprint density at radius 3 is 2.47 bits per heavy atom. The highest BCUT2D eigenvalue weighted by atomic mass is 79.9.